The van der Waals surface area contributed by atoms with E-state index in [9.17, 15) is 4.79 Å². The summed E-state index contributed by atoms with van der Waals surface area (Å²) in [6.07, 6.45) is 1.71. The molecule has 5 heteroatoms. The summed E-state index contributed by atoms with van der Waals surface area (Å²) >= 11 is 0. The first-order chi connectivity index (χ1) is 8.20. The van der Waals surface area contributed by atoms with Crippen LogP contribution >= 0.6 is 0 Å². The molecule has 0 bridgehead atoms. The lowest BCUT2D eigenvalue weighted by Crippen LogP contribution is -2.53. The Bertz CT molecular complexity index is 253. The quantitative estimate of drug-likeness (QED) is 0.621. The van der Waals surface area contributed by atoms with Crippen molar-refractivity contribution in [2.75, 3.05) is 33.7 Å². The fraction of sp³-hybridized carbons (Fsp3) is 0.923. The molecule has 108 valence electrons. The minimum absolute atomic E-state index is 0.264. The van der Waals surface area contributed by atoms with Gasteiger partial charge in [-0.25, -0.2) is 0 Å². The zero-order valence-electron chi connectivity index (χ0n) is 12.6. The molecule has 1 amide bonds. The Kier molecular flexibility index (Phi) is 7.43. The first kappa shape index (κ1) is 17.4. The average molecular weight is 258 g/mol. The van der Waals surface area contributed by atoms with Gasteiger partial charge in [0.25, 0.3) is 0 Å². The molecule has 0 saturated heterocycles. The van der Waals surface area contributed by atoms with Crippen LogP contribution < -0.4 is 11.5 Å². The van der Waals surface area contributed by atoms with Crippen LogP contribution in [0.4, 0.5) is 0 Å². The summed E-state index contributed by atoms with van der Waals surface area (Å²) in [4.78, 5) is 15.8. The fourth-order valence-electron chi connectivity index (χ4n) is 2.12. The fourth-order valence-corrected chi connectivity index (χ4v) is 2.12. The van der Waals surface area contributed by atoms with Gasteiger partial charge in [-0.2, -0.15) is 0 Å². The number of nitrogens with two attached hydrogens (primary N) is 2. The van der Waals surface area contributed by atoms with E-state index >= 15 is 0 Å². The van der Waals surface area contributed by atoms with Gasteiger partial charge in [-0.15, -0.1) is 0 Å². The first-order valence-electron chi connectivity index (χ1n) is 6.68. The molecule has 4 N–H and O–H groups in total. The number of carbonyl (C=O) groups excluding carboxylic acids is 1. The van der Waals surface area contributed by atoms with E-state index in [0.29, 0.717) is 6.42 Å². The van der Waals surface area contributed by atoms with Crippen LogP contribution in [0.25, 0.3) is 0 Å². The molecule has 0 aliphatic rings. The molecule has 0 aromatic carbocycles. The molecule has 0 rings (SSSR count). The summed E-state index contributed by atoms with van der Waals surface area (Å²) in [6.45, 7) is 8.99. The van der Waals surface area contributed by atoms with Crippen LogP contribution in [0.15, 0.2) is 0 Å². The molecule has 0 aromatic rings. The smallest absolute Gasteiger partial charge is 0.237 e. The Balaban J connectivity index is 4.26. The Hall–Kier alpha value is -0.650. The van der Waals surface area contributed by atoms with Crippen LogP contribution in [0.3, 0.4) is 0 Å². The van der Waals surface area contributed by atoms with Crippen LogP contribution in [-0.2, 0) is 4.79 Å². The third kappa shape index (κ3) is 6.33. The SMILES string of the molecule is CCN(CCCN(C)C)C(C)CC(C)(N)C(N)=O. The van der Waals surface area contributed by atoms with Gasteiger partial charge in [-0.05, 0) is 60.4 Å². The van der Waals surface area contributed by atoms with Gasteiger partial charge < -0.3 is 21.3 Å². The van der Waals surface area contributed by atoms with Crippen LogP contribution in [0, 0.1) is 0 Å². The van der Waals surface area contributed by atoms with Gasteiger partial charge in [0.05, 0.1) is 5.54 Å². The molecule has 0 saturated carbocycles. The standard InChI is InChI=1S/C13H30N4O/c1-6-17(9-7-8-16(4)5)11(2)10-13(3,15)12(14)18/h11H,6-10,15H2,1-5H3,(H2,14,18). The van der Waals surface area contributed by atoms with Crippen molar-refractivity contribution < 1.29 is 4.79 Å². The molecule has 0 aromatic heterocycles. The second kappa shape index (κ2) is 7.71. The van der Waals surface area contributed by atoms with Crippen molar-refractivity contribution in [2.24, 2.45) is 11.5 Å². The van der Waals surface area contributed by atoms with E-state index in [4.69, 9.17) is 11.5 Å². The largest absolute Gasteiger partial charge is 0.368 e. The van der Waals surface area contributed by atoms with Gasteiger partial charge in [-0.3, -0.25) is 4.79 Å². The average Bonchev–Trinajstić information content (AvgIpc) is 2.22. The van der Waals surface area contributed by atoms with Crippen molar-refractivity contribution in [3.05, 3.63) is 0 Å². The summed E-state index contributed by atoms with van der Waals surface area (Å²) < 4.78 is 0. The second-order valence-corrected chi connectivity index (χ2v) is 5.62. The van der Waals surface area contributed by atoms with Crippen molar-refractivity contribution in [1.82, 2.24) is 9.80 Å². The summed E-state index contributed by atoms with van der Waals surface area (Å²) in [7, 11) is 4.15. The number of amides is 1. The molecule has 0 heterocycles. The molecule has 0 radical (unpaired) electrons. The Labute approximate surface area is 111 Å². The molecule has 2 unspecified atom stereocenters. The zero-order valence-corrected chi connectivity index (χ0v) is 12.6. The molecule has 0 aliphatic heterocycles. The Morgan fingerprint density at radius 3 is 2.28 bits per heavy atom. The third-order valence-corrected chi connectivity index (χ3v) is 3.36. The molecule has 2 atom stereocenters. The molecular formula is C13H30N4O. The van der Waals surface area contributed by atoms with E-state index in [0.717, 1.165) is 26.1 Å². The van der Waals surface area contributed by atoms with Crippen molar-refractivity contribution in [2.45, 2.75) is 45.2 Å². The number of nitrogens with zero attached hydrogens (tertiary/aromatic N) is 2. The second-order valence-electron chi connectivity index (χ2n) is 5.62. The maximum Gasteiger partial charge on any atom is 0.237 e. The summed E-state index contributed by atoms with van der Waals surface area (Å²) in [5.74, 6) is -0.432. The molecule has 0 spiro atoms. The molecule has 0 fully saturated rings. The van der Waals surface area contributed by atoms with Crippen LogP contribution in [0.1, 0.15) is 33.6 Å². The van der Waals surface area contributed by atoms with Gasteiger partial charge in [-0.1, -0.05) is 6.92 Å². The molecule has 5 nitrogen and oxygen atoms in total. The van der Waals surface area contributed by atoms with Gasteiger partial charge in [0, 0.05) is 6.04 Å². The lowest BCUT2D eigenvalue weighted by atomic mass is 9.93. The van der Waals surface area contributed by atoms with Crippen LogP contribution in [-0.4, -0.2) is 61.0 Å². The topological polar surface area (TPSA) is 75.6 Å². The van der Waals surface area contributed by atoms with Crippen LogP contribution in [0.5, 0.6) is 0 Å². The maximum absolute atomic E-state index is 11.2. The van der Waals surface area contributed by atoms with E-state index in [1.54, 1.807) is 6.92 Å². The van der Waals surface area contributed by atoms with Gasteiger partial charge >= 0.3 is 0 Å². The summed E-state index contributed by atoms with van der Waals surface area (Å²) in [6, 6.07) is 0.264. The lowest BCUT2D eigenvalue weighted by Gasteiger charge is -2.33. The lowest BCUT2D eigenvalue weighted by molar-refractivity contribution is -0.123. The predicted molar refractivity (Wildman–Crippen MR) is 76.3 cm³/mol. The third-order valence-electron chi connectivity index (χ3n) is 3.36. The van der Waals surface area contributed by atoms with Crippen molar-refractivity contribution in [3.63, 3.8) is 0 Å². The van der Waals surface area contributed by atoms with E-state index in [2.05, 4.69) is 37.7 Å². The minimum Gasteiger partial charge on any atom is -0.368 e. The Morgan fingerprint density at radius 1 is 1.33 bits per heavy atom. The van der Waals surface area contributed by atoms with E-state index in [-0.39, 0.29) is 6.04 Å². The zero-order chi connectivity index (χ0) is 14.3. The van der Waals surface area contributed by atoms with E-state index in [1.807, 2.05) is 0 Å². The monoisotopic (exact) mass is 258 g/mol. The number of carbonyl (C=O) groups is 1. The van der Waals surface area contributed by atoms with Gasteiger partial charge in [0.15, 0.2) is 0 Å². The normalized spacial score (nSPS) is 16.9. The van der Waals surface area contributed by atoms with Crippen molar-refractivity contribution in [1.29, 1.82) is 0 Å². The molecular weight excluding hydrogens is 228 g/mol. The van der Waals surface area contributed by atoms with Crippen molar-refractivity contribution in [3.8, 4) is 0 Å². The molecule has 0 aliphatic carbocycles. The minimum atomic E-state index is -0.922. The predicted octanol–water partition coefficient (Wildman–Crippen LogP) is 0.241. The number of hydrogen-bond acceptors (Lipinski definition) is 4. The van der Waals surface area contributed by atoms with Crippen molar-refractivity contribution >= 4 is 5.91 Å². The highest BCUT2D eigenvalue weighted by atomic mass is 16.1. The highest BCUT2D eigenvalue weighted by molar-refractivity contribution is 5.83. The van der Waals surface area contributed by atoms with E-state index < -0.39 is 11.4 Å². The van der Waals surface area contributed by atoms with Gasteiger partial charge in [0.1, 0.15) is 0 Å². The summed E-state index contributed by atoms with van der Waals surface area (Å²) in [5.41, 5.74) is 10.3. The molecule has 18 heavy (non-hydrogen) atoms. The number of rotatable bonds is 9. The highest BCUT2D eigenvalue weighted by Crippen LogP contribution is 2.14. The summed E-state index contributed by atoms with van der Waals surface area (Å²) in [5, 5.41) is 0. The Morgan fingerprint density at radius 2 is 1.89 bits per heavy atom. The number of hydrogen-bond donors (Lipinski definition) is 2. The van der Waals surface area contributed by atoms with E-state index in [1.165, 1.54) is 0 Å². The number of primary amides is 1. The maximum atomic E-state index is 11.2. The van der Waals surface area contributed by atoms with Crippen LogP contribution in [0.2, 0.25) is 0 Å². The highest BCUT2D eigenvalue weighted by Gasteiger charge is 2.29. The first-order valence-corrected chi connectivity index (χ1v) is 6.68. The van der Waals surface area contributed by atoms with Gasteiger partial charge in [0.2, 0.25) is 5.91 Å².